The number of urea groups is 1. The molecule has 0 aromatic carbocycles. The summed E-state index contributed by atoms with van der Waals surface area (Å²) in [7, 11) is 0. The van der Waals surface area contributed by atoms with Gasteiger partial charge in [0.2, 0.25) is 0 Å². The number of aliphatic carboxylic acids is 1. The van der Waals surface area contributed by atoms with Crippen molar-refractivity contribution in [2.75, 3.05) is 26.2 Å². The molecule has 2 amide bonds. The van der Waals surface area contributed by atoms with Crippen LogP contribution in [0.3, 0.4) is 0 Å². The Balaban J connectivity index is 2.55. The molecule has 1 fully saturated rings. The van der Waals surface area contributed by atoms with Crippen molar-refractivity contribution in [3.05, 3.63) is 0 Å². The van der Waals surface area contributed by atoms with Gasteiger partial charge in [0.25, 0.3) is 0 Å². The fraction of sp³-hybridized carbons (Fsp3) is 0.846. The summed E-state index contributed by atoms with van der Waals surface area (Å²) in [5.74, 6) is -0.527. The van der Waals surface area contributed by atoms with E-state index >= 15 is 0 Å². The van der Waals surface area contributed by atoms with Crippen LogP contribution in [0.25, 0.3) is 0 Å². The number of nitrogens with zero attached hydrogens (tertiary/aromatic N) is 2. The highest BCUT2D eigenvalue weighted by Gasteiger charge is 2.30. The van der Waals surface area contributed by atoms with Gasteiger partial charge in [-0.1, -0.05) is 0 Å². The molecule has 0 saturated carbocycles. The van der Waals surface area contributed by atoms with Gasteiger partial charge in [-0.3, -0.25) is 4.79 Å². The molecule has 110 valence electrons. The van der Waals surface area contributed by atoms with Crippen LogP contribution in [0, 0.1) is 5.92 Å². The first-order valence-electron chi connectivity index (χ1n) is 6.84. The predicted octanol–water partition coefficient (Wildman–Crippen LogP) is 0.996. The summed E-state index contributed by atoms with van der Waals surface area (Å²) in [5, 5.41) is 17.6. The molecule has 0 spiro atoms. The number of likely N-dealkylation sites (tertiary alicyclic amines) is 1. The molecule has 0 aromatic rings. The van der Waals surface area contributed by atoms with E-state index in [2.05, 4.69) is 0 Å². The van der Waals surface area contributed by atoms with Crippen LogP contribution in [0.2, 0.25) is 0 Å². The third kappa shape index (κ3) is 4.70. The molecule has 1 aliphatic rings. The van der Waals surface area contributed by atoms with E-state index in [-0.39, 0.29) is 31.6 Å². The van der Waals surface area contributed by atoms with E-state index in [1.54, 1.807) is 9.80 Å². The van der Waals surface area contributed by atoms with Crippen LogP contribution in [-0.2, 0) is 4.79 Å². The highest BCUT2D eigenvalue weighted by atomic mass is 16.4. The number of rotatable bonds is 6. The predicted molar refractivity (Wildman–Crippen MR) is 70.9 cm³/mol. The summed E-state index contributed by atoms with van der Waals surface area (Å²) in [6.07, 6.45) is 1.61. The standard InChI is InChI=1S/C13H24N2O4/c1-10(2)15(7-4-12(17)18)13(19)14-6-3-11(9-14)5-8-16/h10-11,16H,3-9H2,1-2H3,(H,17,18). The molecule has 19 heavy (non-hydrogen) atoms. The summed E-state index contributed by atoms with van der Waals surface area (Å²) >= 11 is 0. The minimum absolute atomic E-state index is 0.0104. The van der Waals surface area contributed by atoms with Crippen molar-refractivity contribution in [3.63, 3.8) is 0 Å². The lowest BCUT2D eigenvalue weighted by molar-refractivity contribution is -0.137. The van der Waals surface area contributed by atoms with Gasteiger partial charge in [0.15, 0.2) is 0 Å². The van der Waals surface area contributed by atoms with Gasteiger partial charge in [0.1, 0.15) is 0 Å². The lowest BCUT2D eigenvalue weighted by Gasteiger charge is -2.31. The summed E-state index contributed by atoms with van der Waals surface area (Å²) < 4.78 is 0. The number of carbonyl (C=O) groups excluding carboxylic acids is 1. The van der Waals surface area contributed by atoms with Crippen molar-refractivity contribution < 1.29 is 19.8 Å². The first-order chi connectivity index (χ1) is 8.95. The molecule has 1 unspecified atom stereocenters. The minimum atomic E-state index is -0.891. The molecule has 6 heteroatoms. The Morgan fingerprint density at radius 3 is 2.63 bits per heavy atom. The highest BCUT2D eigenvalue weighted by Crippen LogP contribution is 2.21. The Morgan fingerprint density at radius 1 is 1.42 bits per heavy atom. The third-order valence-electron chi connectivity index (χ3n) is 3.53. The molecule has 1 saturated heterocycles. The maximum atomic E-state index is 12.3. The van der Waals surface area contributed by atoms with E-state index in [9.17, 15) is 9.59 Å². The second kappa shape index (κ2) is 7.33. The molecule has 0 radical (unpaired) electrons. The summed E-state index contributed by atoms with van der Waals surface area (Å²) in [6.45, 7) is 5.53. The van der Waals surface area contributed by atoms with Gasteiger partial charge in [0.05, 0.1) is 6.42 Å². The lowest BCUT2D eigenvalue weighted by atomic mass is 10.1. The number of carboxylic acid groups (broad SMARTS) is 1. The Hall–Kier alpha value is -1.30. The van der Waals surface area contributed by atoms with Crippen molar-refractivity contribution in [2.24, 2.45) is 5.92 Å². The number of hydrogen-bond acceptors (Lipinski definition) is 3. The number of aliphatic hydroxyl groups excluding tert-OH is 1. The molecule has 0 aliphatic carbocycles. The molecule has 0 aromatic heterocycles. The molecular weight excluding hydrogens is 248 g/mol. The molecule has 1 aliphatic heterocycles. The van der Waals surface area contributed by atoms with E-state index < -0.39 is 5.97 Å². The van der Waals surface area contributed by atoms with Crippen molar-refractivity contribution >= 4 is 12.0 Å². The van der Waals surface area contributed by atoms with E-state index in [4.69, 9.17) is 10.2 Å². The van der Waals surface area contributed by atoms with Crippen molar-refractivity contribution in [1.29, 1.82) is 0 Å². The SMILES string of the molecule is CC(C)N(CCC(=O)O)C(=O)N1CCC(CCO)C1. The quantitative estimate of drug-likeness (QED) is 0.755. The maximum absolute atomic E-state index is 12.3. The minimum Gasteiger partial charge on any atom is -0.481 e. The molecule has 1 rings (SSSR count). The average Bonchev–Trinajstić information content (AvgIpc) is 2.77. The summed E-state index contributed by atoms with van der Waals surface area (Å²) in [6, 6.07) is -0.0968. The van der Waals surface area contributed by atoms with Crippen molar-refractivity contribution in [3.8, 4) is 0 Å². The van der Waals surface area contributed by atoms with E-state index in [1.165, 1.54) is 0 Å². The largest absolute Gasteiger partial charge is 0.481 e. The number of carbonyl (C=O) groups is 2. The van der Waals surface area contributed by atoms with Crippen LogP contribution in [0.15, 0.2) is 0 Å². The van der Waals surface area contributed by atoms with Gasteiger partial charge in [-0.15, -0.1) is 0 Å². The van der Waals surface area contributed by atoms with E-state index in [1.807, 2.05) is 13.8 Å². The first kappa shape index (κ1) is 15.8. The summed E-state index contributed by atoms with van der Waals surface area (Å²) in [5.41, 5.74) is 0. The zero-order chi connectivity index (χ0) is 14.4. The second-order valence-electron chi connectivity index (χ2n) is 5.33. The number of amides is 2. The zero-order valence-electron chi connectivity index (χ0n) is 11.7. The molecule has 0 bridgehead atoms. The molecule has 1 heterocycles. The number of carboxylic acids is 1. The maximum Gasteiger partial charge on any atom is 0.320 e. The van der Waals surface area contributed by atoms with E-state index in [0.717, 1.165) is 12.8 Å². The average molecular weight is 272 g/mol. The summed E-state index contributed by atoms with van der Waals surface area (Å²) in [4.78, 5) is 26.3. The van der Waals surface area contributed by atoms with Crippen LogP contribution in [0.1, 0.15) is 33.1 Å². The van der Waals surface area contributed by atoms with Gasteiger partial charge >= 0.3 is 12.0 Å². The third-order valence-corrected chi connectivity index (χ3v) is 3.53. The second-order valence-corrected chi connectivity index (χ2v) is 5.33. The highest BCUT2D eigenvalue weighted by molar-refractivity contribution is 5.76. The molecule has 6 nitrogen and oxygen atoms in total. The van der Waals surface area contributed by atoms with Crippen LogP contribution in [-0.4, -0.2) is 64.3 Å². The van der Waals surface area contributed by atoms with Gasteiger partial charge in [-0.2, -0.15) is 0 Å². The fourth-order valence-corrected chi connectivity index (χ4v) is 2.40. The van der Waals surface area contributed by atoms with Gasteiger partial charge in [-0.25, -0.2) is 4.79 Å². The van der Waals surface area contributed by atoms with Gasteiger partial charge < -0.3 is 20.0 Å². The van der Waals surface area contributed by atoms with Crippen LogP contribution < -0.4 is 0 Å². The molecule has 1 atom stereocenters. The van der Waals surface area contributed by atoms with Crippen molar-refractivity contribution in [2.45, 2.75) is 39.2 Å². The normalized spacial score (nSPS) is 18.9. The smallest absolute Gasteiger partial charge is 0.320 e. The molecule has 2 N–H and O–H groups in total. The zero-order valence-corrected chi connectivity index (χ0v) is 11.7. The Kier molecular flexibility index (Phi) is 6.08. The van der Waals surface area contributed by atoms with Gasteiger partial charge in [-0.05, 0) is 32.6 Å². The molecular formula is C13H24N2O4. The Bertz CT molecular complexity index is 320. The van der Waals surface area contributed by atoms with Crippen molar-refractivity contribution in [1.82, 2.24) is 9.80 Å². The lowest BCUT2D eigenvalue weighted by Crippen LogP contribution is -2.46. The van der Waals surface area contributed by atoms with Crippen LogP contribution in [0.5, 0.6) is 0 Å². The van der Waals surface area contributed by atoms with Crippen LogP contribution in [0.4, 0.5) is 4.79 Å². The Morgan fingerprint density at radius 2 is 2.11 bits per heavy atom. The van der Waals surface area contributed by atoms with Crippen LogP contribution >= 0.6 is 0 Å². The first-order valence-corrected chi connectivity index (χ1v) is 6.84. The van der Waals surface area contributed by atoms with E-state index in [0.29, 0.717) is 19.0 Å². The number of aliphatic hydroxyl groups is 1. The van der Waals surface area contributed by atoms with Gasteiger partial charge in [0, 0.05) is 32.3 Å². The fourth-order valence-electron chi connectivity index (χ4n) is 2.40. The Labute approximate surface area is 114 Å². The monoisotopic (exact) mass is 272 g/mol. The number of hydrogen-bond donors (Lipinski definition) is 2. The topological polar surface area (TPSA) is 81.1 Å².